The van der Waals surface area contributed by atoms with E-state index in [0.717, 1.165) is 18.2 Å². The third-order valence-corrected chi connectivity index (χ3v) is 5.47. The molecule has 1 N–H and O–H groups in total. The minimum Gasteiger partial charge on any atom is -0.507 e. The summed E-state index contributed by atoms with van der Waals surface area (Å²) < 4.78 is 11.3. The number of benzene rings is 2. The Morgan fingerprint density at radius 1 is 1.09 bits per heavy atom. The Labute approximate surface area is 127 Å². The number of ether oxygens (including phenoxy) is 2. The van der Waals surface area contributed by atoms with E-state index in [-0.39, 0.29) is 17.6 Å². The van der Waals surface area contributed by atoms with Crippen molar-refractivity contribution in [3.63, 3.8) is 0 Å². The first-order valence-corrected chi connectivity index (χ1v) is 7.80. The zero-order valence-corrected chi connectivity index (χ0v) is 11.9. The van der Waals surface area contributed by atoms with E-state index in [2.05, 4.69) is 0 Å². The van der Waals surface area contributed by atoms with Crippen LogP contribution in [0.25, 0.3) is 10.8 Å². The van der Waals surface area contributed by atoms with Gasteiger partial charge in [0.05, 0.1) is 18.1 Å². The van der Waals surface area contributed by atoms with E-state index in [4.69, 9.17) is 9.47 Å². The SMILES string of the molecule is O=C(Oc1cccc2c(O)cccc12)C1CC2CC1C1OC21. The first-order chi connectivity index (χ1) is 10.7. The summed E-state index contributed by atoms with van der Waals surface area (Å²) >= 11 is 0. The Hall–Kier alpha value is -2.07. The molecule has 4 nitrogen and oxygen atoms in total. The minimum atomic E-state index is -0.155. The van der Waals surface area contributed by atoms with E-state index in [9.17, 15) is 9.90 Å². The van der Waals surface area contributed by atoms with E-state index < -0.39 is 0 Å². The summed E-state index contributed by atoms with van der Waals surface area (Å²) in [6.45, 7) is 0. The molecule has 5 unspecified atom stereocenters. The molecule has 0 spiro atoms. The Balaban J connectivity index is 1.44. The molecule has 3 fully saturated rings. The van der Waals surface area contributed by atoms with E-state index in [1.54, 1.807) is 24.3 Å². The van der Waals surface area contributed by atoms with Gasteiger partial charge in [0.2, 0.25) is 0 Å². The molecule has 5 rings (SSSR count). The van der Waals surface area contributed by atoms with E-state index >= 15 is 0 Å². The van der Waals surface area contributed by atoms with Gasteiger partial charge in [-0.1, -0.05) is 24.3 Å². The lowest BCUT2D eigenvalue weighted by Gasteiger charge is -2.18. The van der Waals surface area contributed by atoms with Crippen molar-refractivity contribution in [3.8, 4) is 11.5 Å². The molecule has 4 heteroatoms. The summed E-state index contributed by atoms with van der Waals surface area (Å²) in [5.74, 6) is 1.41. The van der Waals surface area contributed by atoms with Gasteiger partial charge < -0.3 is 14.6 Å². The predicted molar refractivity (Wildman–Crippen MR) is 79.6 cm³/mol. The topological polar surface area (TPSA) is 59.1 Å². The highest BCUT2D eigenvalue weighted by Gasteiger charge is 2.64. The molecule has 2 aliphatic carbocycles. The highest BCUT2D eigenvalue weighted by atomic mass is 16.6. The normalized spacial score (nSPS) is 34.6. The van der Waals surface area contributed by atoms with Crippen LogP contribution in [0.1, 0.15) is 12.8 Å². The molecule has 2 aromatic carbocycles. The van der Waals surface area contributed by atoms with Gasteiger partial charge >= 0.3 is 5.97 Å². The fourth-order valence-electron chi connectivity index (χ4n) is 4.41. The Morgan fingerprint density at radius 3 is 2.73 bits per heavy atom. The summed E-state index contributed by atoms with van der Waals surface area (Å²) in [6.07, 6.45) is 2.71. The average molecular weight is 296 g/mol. The Morgan fingerprint density at radius 2 is 1.91 bits per heavy atom. The second-order valence-electron chi connectivity index (χ2n) is 6.62. The van der Waals surface area contributed by atoms with Crippen LogP contribution in [-0.4, -0.2) is 23.3 Å². The average Bonchev–Trinajstić information content (AvgIpc) is 3.12. The van der Waals surface area contributed by atoms with Crippen LogP contribution >= 0.6 is 0 Å². The van der Waals surface area contributed by atoms with Gasteiger partial charge in [-0.05, 0) is 30.9 Å². The van der Waals surface area contributed by atoms with Crippen molar-refractivity contribution in [1.29, 1.82) is 0 Å². The summed E-state index contributed by atoms with van der Waals surface area (Å²) in [6, 6.07) is 10.7. The number of carbonyl (C=O) groups is 1. The van der Waals surface area contributed by atoms with E-state index in [1.807, 2.05) is 12.1 Å². The number of fused-ring (bicyclic) bond motifs is 6. The molecule has 112 valence electrons. The molecular weight excluding hydrogens is 280 g/mol. The van der Waals surface area contributed by atoms with Crippen LogP contribution < -0.4 is 4.74 Å². The molecule has 2 aromatic rings. The third kappa shape index (κ3) is 1.64. The summed E-state index contributed by atoms with van der Waals surface area (Å²) in [7, 11) is 0. The second-order valence-corrected chi connectivity index (χ2v) is 6.62. The minimum absolute atomic E-state index is 0.0404. The molecule has 5 atom stereocenters. The summed E-state index contributed by atoms with van der Waals surface area (Å²) in [5.41, 5.74) is 0. The fraction of sp³-hybridized carbons (Fsp3) is 0.389. The number of epoxide rings is 1. The molecule has 0 amide bonds. The van der Waals surface area contributed by atoms with Crippen molar-refractivity contribution in [2.45, 2.75) is 25.0 Å². The zero-order chi connectivity index (χ0) is 14.8. The number of esters is 1. The van der Waals surface area contributed by atoms with Crippen LogP contribution in [0.2, 0.25) is 0 Å². The van der Waals surface area contributed by atoms with Gasteiger partial charge in [-0.15, -0.1) is 0 Å². The molecule has 1 saturated heterocycles. The largest absolute Gasteiger partial charge is 0.507 e. The summed E-state index contributed by atoms with van der Waals surface area (Å²) in [5, 5.41) is 11.4. The zero-order valence-electron chi connectivity index (χ0n) is 11.9. The van der Waals surface area contributed by atoms with Crippen molar-refractivity contribution >= 4 is 16.7 Å². The molecule has 1 heterocycles. The first kappa shape index (κ1) is 12.5. The van der Waals surface area contributed by atoms with Gasteiger partial charge in [-0.25, -0.2) is 0 Å². The standard InChI is InChI=1S/C18H16O4/c19-14-5-1-4-11-10(14)3-2-6-15(11)21-18(20)13-8-9-7-12(13)17-16(9)22-17/h1-6,9,12-13,16-17,19H,7-8H2. The van der Waals surface area contributed by atoms with E-state index in [0.29, 0.717) is 35.2 Å². The van der Waals surface area contributed by atoms with Gasteiger partial charge in [0.1, 0.15) is 11.5 Å². The fourth-order valence-corrected chi connectivity index (χ4v) is 4.41. The number of hydrogen-bond acceptors (Lipinski definition) is 4. The lowest BCUT2D eigenvalue weighted by atomic mass is 9.89. The van der Waals surface area contributed by atoms with Crippen LogP contribution in [-0.2, 0) is 9.53 Å². The second kappa shape index (κ2) is 4.23. The Kier molecular flexibility index (Phi) is 2.40. The van der Waals surface area contributed by atoms with Gasteiger partial charge in [0, 0.05) is 16.7 Å². The Bertz CT molecular complexity index is 784. The molecular formula is C18H16O4. The van der Waals surface area contributed by atoms with Crippen molar-refractivity contribution in [2.75, 3.05) is 0 Å². The molecule has 2 bridgehead atoms. The number of phenolic OH excluding ortho intramolecular Hbond substituents is 1. The van der Waals surface area contributed by atoms with Gasteiger partial charge in [-0.3, -0.25) is 4.79 Å². The highest BCUT2D eigenvalue weighted by Crippen LogP contribution is 2.59. The van der Waals surface area contributed by atoms with Crippen LogP contribution in [0, 0.1) is 17.8 Å². The number of phenols is 1. The monoisotopic (exact) mass is 296 g/mol. The maximum atomic E-state index is 12.6. The number of aromatic hydroxyl groups is 1. The molecule has 0 aromatic heterocycles. The van der Waals surface area contributed by atoms with Crippen molar-refractivity contribution in [3.05, 3.63) is 36.4 Å². The smallest absolute Gasteiger partial charge is 0.314 e. The molecule has 1 aliphatic heterocycles. The first-order valence-electron chi connectivity index (χ1n) is 7.80. The maximum absolute atomic E-state index is 12.6. The lowest BCUT2D eigenvalue weighted by molar-refractivity contribution is -0.140. The molecule has 22 heavy (non-hydrogen) atoms. The summed E-state index contributed by atoms with van der Waals surface area (Å²) in [4.78, 5) is 12.6. The van der Waals surface area contributed by atoms with Crippen LogP contribution in [0.15, 0.2) is 36.4 Å². The predicted octanol–water partition coefficient (Wildman–Crippen LogP) is 2.87. The van der Waals surface area contributed by atoms with Gasteiger partial charge in [-0.2, -0.15) is 0 Å². The van der Waals surface area contributed by atoms with Crippen LogP contribution in [0.4, 0.5) is 0 Å². The van der Waals surface area contributed by atoms with Crippen LogP contribution in [0.3, 0.4) is 0 Å². The van der Waals surface area contributed by atoms with Gasteiger partial charge in [0.15, 0.2) is 0 Å². The molecule has 3 aliphatic rings. The molecule has 2 saturated carbocycles. The third-order valence-electron chi connectivity index (χ3n) is 5.47. The number of hydrogen-bond donors (Lipinski definition) is 1. The molecule has 0 radical (unpaired) electrons. The van der Waals surface area contributed by atoms with Crippen LogP contribution in [0.5, 0.6) is 11.5 Å². The van der Waals surface area contributed by atoms with Gasteiger partial charge in [0.25, 0.3) is 0 Å². The quantitative estimate of drug-likeness (QED) is 0.526. The number of carbonyl (C=O) groups excluding carboxylic acids is 1. The van der Waals surface area contributed by atoms with Crippen molar-refractivity contribution in [1.82, 2.24) is 0 Å². The lowest BCUT2D eigenvalue weighted by Crippen LogP contribution is -2.29. The van der Waals surface area contributed by atoms with Crippen molar-refractivity contribution in [2.24, 2.45) is 17.8 Å². The van der Waals surface area contributed by atoms with Crippen molar-refractivity contribution < 1.29 is 19.4 Å². The number of rotatable bonds is 2. The van der Waals surface area contributed by atoms with E-state index in [1.165, 1.54) is 0 Å². The maximum Gasteiger partial charge on any atom is 0.314 e. The highest BCUT2D eigenvalue weighted by molar-refractivity contribution is 5.94.